The standard InChI is InChI=1S/C25H27Cl2N3O3/c1-2-33-25(32)17-11-13-29(14-12-17)16-24(31)30-23(19-8-4-6-10-21(19)27)15-22(28-30)18-7-3-5-9-20(18)26/h3-10,17,23H,2,11-16H2,1H3. The molecule has 0 bridgehead atoms. The van der Waals surface area contributed by atoms with Crippen LogP contribution in [0.4, 0.5) is 0 Å². The van der Waals surface area contributed by atoms with Crippen molar-refractivity contribution >= 4 is 40.8 Å². The molecule has 0 radical (unpaired) electrons. The van der Waals surface area contributed by atoms with E-state index in [2.05, 4.69) is 4.90 Å². The highest BCUT2D eigenvalue weighted by molar-refractivity contribution is 6.34. The predicted octanol–water partition coefficient (Wildman–Crippen LogP) is 4.95. The maximum absolute atomic E-state index is 13.4. The Balaban J connectivity index is 1.51. The molecule has 0 aliphatic carbocycles. The minimum Gasteiger partial charge on any atom is -0.466 e. The van der Waals surface area contributed by atoms with Gasteiger partial charge in [-0.05, 0) is 50.6 Å². The molecule has 4 rings (SSSR count). The van der Waals surface area contributed by atoms with Crippen molar-refractivity contribution in [3.05, 3.63) is 69.7 Å². The molecule has 2 aromatic carbocycles. The van der Waals surface area contributed by atoms with Crippen molar-refractivity contribution in [3.63, 3.8) is 0 Å². The van der Waals surface area contributed by atoms with Crippen LogP contribution in [0.2, 0.25) is 10.0 Å². The molecule has 2 heterocycles. The number of hydrogen-bond acceptors (Lipinski definition) is 5. The number of benzene rings is 2. The van der Waals surface area contributed by atoms with Gasteiger partial charge in [-0.25, -0.2) is 5.01 Å². The van der Waals surface area contributed by atoms with E-state index < -0.39 is 0 Å². The molecule has 0 spiro atoms. The molecule has 1 unspecified atom stereocenters. The fraction of sp³-hybridized carbons (Fsp3) is 0.400. The molecule has 1 saturated heterocycles. The summed E-state index contributed by atoms with van der Waals surface area (Å²) in [6, 6.07) is 14.8. The molecule has 0 N–H and O–H groups in total. The van der Waals surface area contributed by atoms with Gasteiger partial charge in [0, 0.05) is 22.0 Å². The normalized spacial score (nSPS) is 19.4. The molecular weight excluding hydrogens is 461 g/mol. The Kier molecular flexibility index (Phi) is 7.68. The largest absolute Gasteiger partial charge is 0.466 e. The number of likely N-dealkylation sites (tertiary alicyclic amines) is 1. The van der Waals surface area contributed by atoms with Gasteiger partial charge in [-0.1, -0.05) is 59.6 Å². The fourth-order valence-corrected chi connectivity index (χ4v) is 4.94. The number of ether oxygens (including phenoxy) is 1. The van der Waals surface area contributed by atoms with Gasteiger partial charge < -0.3 is 4.74 Å². The van der Waals surface area contributed by atoms with Crippen molar-refractivity contribution in [2.24, 2.45) is 11.0 Å². The molecule has 0 saturated carbocycles. The zero-order valence-corrected chi connectivity index (χ0v) is 20.1. The van der Waals surface area contributed by atoms with Gasteiger partial charge in [-0.3, -0.25) is 14.5 Å². The second kappa shape index (κ2) is 10.7. The van der Waals surface area contributed by atoms with E-state index >= 15 is 0 Å². The van der Waals surface area contributed by atoms with Crippen molar-refractivity contribution < 1.29 is 14.3 Å². The van der Waals surface area contributed by atoms with E-state index in [-0.39, 0.29) is 30.4 Å². The quantitative estimate of drug-likeness (QED) is 0.540. The third-order valence-electron chi connectivity index (χ3n) is 6.18. The van der Waals surface area contributed by atoms with Gasteiger partial charge in [0.1, 0.15) is 0 Å². The molecule has 33 heavy (non-hydrogen) atoms. The molecule has 6 nitrogen and oxygen atoms in total. The SMILES string of the molecule is CCOC(=O)C1CCN(CC(=O)N2N=C(c3ccccc3Cl)CC2c2ccccc2Cl)CC1. The molecule has 2 aliphatic heterocycles. The van der Waals surface area contributed by atoms with Crippen LogP contribution >= 0.6 is 23.2 Å². The number of carbonyl (C=O) groups excluding carboxylic acids is 2. The minimum atomic E-state index is -0.297. The summed E-state index contributed by atoms with van der Waals surface area (Å²) in [4.78, 5) is 27.5. The lowest BCUT2D eigenvalue weighted by Gasteiger charge is -2.32. The summed E-state index contributed by atoms with van der Waals surface area (Å²) in [5.41, 5.74) is 2.45. The number of piperidine rings is 1. The number of esters is 1. The van der Waals surface area contributed by atoms with Crippen LogP contribution in [0.15, 0.2) is 53.6 Å². The van der Waals surface area contributed by atoms with Gasteiger partial charge in [0.25, 0.3) is 5.91 Å². The molecule has 1 amide bonds. The van der Waals surface area contributed by atoms with E-state index in [4.69, 9.17) is 33.0 Å². The Hall–Kier alpha value is -2.41. The number of nitrogens with zero attached hydrogens (tertiary/aromatic N) is 3. The van der Waals surface area contributed by atoms with Gasteiger partial charge in [0.2, 0.25) is 0 Å². The Morgan fingerprint density at radius 3 is 2.36 bits per heavy atom. The van der Waals surface area contributed by atoms with Crippen LogP contribution < -0.4 is 0 Å². The van der Waals surface area contributed by atoms with Crippen LogP contribution in [0, 0.1) is 5.92 Å². The third kappa shape index (κ3) is 5.40. The molecule has 1 atom stereocenters. The smallest absolute Gasteiger partial charge is 0.309 e. The molecule has 1 fully saturated rings. The van der Waals surface area contributed by atoms with Crippen molar-refractivity contribution in [3.8, 4) is 0 Å². The van der Waals surface area contributed by atoms with E-state index in [1.54, 1.807) is 5.01 Å². The Bertz CT molecular complexity index is 1050. The minimum absolute atomic E-state index is 0.0937. The number of hydrogen-bond donors (Lipinski definition) is 0. The Morgan fingerprint density at radius 2 is 1.70 bits per heavy atom. The van der Waals surface area contributed by atoms with Crippen LogP contribution in [0.5, 0.6) is 0 Å². The van der Waals surface area contributed by atoms with Crippen LogP contribution in [0.25, 0.3) is 0 Å². The average molecular weight is 488 g/mol. The molecular formula is C25H27Cl2N3O3. The number of halogens is 2. The maximum Gasteiger partial charge on any atom is 0.309 e. The molecule has 174 valence electrons. The van der Waals surface area contributed by atoms with Crippen LogP contribution in [0.3, 0.4) is 0 Å². The highest BCUT2D eigenvalue weighted by Crippen LogP contribution is 2.37. The summed E-state index contributed by atoms with van der Waals surface area (Å²) in [6.45, 7) is 3.77. The first kappa shape index (κ1) is 23.7. The molecule has 0 aromatic heterocycles. The van der Waals surface area contributed by atoms with E-state index in [0.29, 0.717) is 49.0 Å². The van der Waals surface area contributed by atoms with Gasteiger partial charge in [-0.2, -0.15) is 5.10 Å². The summed E-state index contributed by atoms with van der Waals surface area (Å²) in [5.74, 6) is -0.337. The second-order valence-electron chi connectivity index (χ2n) is 8.31. The van der Waals surface area contributed by atoms with Gasteiger partial charge in [-0.15, -0.1) is 0 Å². The van der Waals surface area contributed by atoms with Gasteiger partial charge >= 0.3 is 5.97 Å². The van der Waals surface area contributed by atoms with Crippen molar-refractivity contribution in [1.82, 2.24) is 9.91 Å². The average Bonchev–Trinajstić information content (AvgIpc) is 3.25. The van der Waals surface area contributed by atoms with E-state index in [9.17, 15) is 9.59 Å². The van der Waals surface area contributed by atoms with Gasteiger partial charge in [0.15, 0.2) is 0 Å². The lowest BCUT2D eigenvalue weighted by Crippen LogP contribution is -2.43. The summed E-state index contributed by atoms with van der Waals surface area (Å²) in [7, 11) is 0. The number of carbonyl (C=O) groups is 2. The zero-order valence-electron chi connectivity index (χ0n) is 18.5. The fourth-order valence-electron chi connectivity index (χ4n) is 4.44. The number of hydrazone groups is 1. The second-order valence-corrected chi connectivity index (χ2v) is 9.12. The lowest BCUT2D eigenvalue weighted by molar-refractivity contribution is -0.149. The first-order valence-electron chi connectivity index (χ1n) is 11.3. The lowest BCUT2D eigenvalue weighted by atomic mass is 9.97. The van der Waals surface area contributed by atoms with Crippen molar-refractivity contribution in [1.29, 1.82) is 0 Å². The summed E-state index contributed by atoms with van der Waals surface area (Å²) >= 11 is 12.9. The first-order valence-corrected chi connectivity index (χ1v) is 12.0. The molecule has 2 aliphatic rings. The Morgan fingerprint density at radius 1 is 1.03 bits per heavy atom. The van der Waals surface area contributed by atoms with E-state index in [0.717, 1.165) is 16.8 Å². The highest BCUT2D eigenvalue weighted by Gasteiger charge is 2.36. The number of amides is 1. The zero-order chi connectivity index (χ0) is 23.4. The van der Waals surface area contributed by atoms with Crippen LogP contribution in [0.1, 0.15) is 43.4 Å². The topological polar surface area (TPSA) is 62.2 Å². The van der Waals surface area contributed by atoms with E-state index in [1.807, 2.05) is 55.5 Å². The van der Waals surface area contributed by atoms with Gasteiger partial charge in [0.05, 0.1) is 30.8 Å². The molecule has 8 heteroatoms. The van der Waals surface area contributed by atoms with Crippen molar-refractivity contribution in [2.75, 3.05) is 26.2 Å². The molecule has 2 aromatic rings. The third-order valence-corrected chi connectivity index (χ3v) is 6.86. The van der Waals surface area contributed by atoms with Crippen LogP contribution in [-0.4, -0.2) is 53.7 Å². The van der Waals surface area contributed by atoms with E-state index in [1.165, 1.54) is 0 Å². The Labute approximate surface area is 204 Å². The number of rotatable bonds is 6. The van der Waals surface area contributed by atoms with Crippen molar-refractivity contribution in [2.45, 2.75) is 32.2 Å². The first-order chi connectivity index (χ1) is 16.0. The summed E-state index contributed by atoms with van der Waals surface area (Å²) < 4.78 is 5.14. The predicted molar refractivity (Wildman–Crippen MR) is 129 cm³/mol. The van der Waals surface area contributed by atoms with Crippen LogP contribution in [-0.2, 0) is 14.3 Å². The maximum atomic E-state index is 13.4. The summed E-state index contributed by atoms with van der Waals surface area (Å²) in [6.07, 6.45) is 1.91. The monoisotopic (exact) mass is 487 g/mol. The summed E-state index contributed by atoms with van der Waals surface area (Å²) in [5, 5.41) is 7.46. The highest BCUT2D eigenvalue weighted by atomic mass is 35.5.